The van der Waals surface area contributed by atoms with Crippen LogP contribution in [0.4, 0.5) is 5.69 Å². The van der Waals surface area contributed by atoms with Gasteiger partial charge in [-0.2, -0.15) is 0 Å². The number of aryl methyl sites for hydroxylation is 2. The van der Waals surface area contributed by atoms with Crippen LogP contribution in [0.15, 0.2) is 29.1 Å². The van der Waals surface area contributed by atoms with E-state index in [4.69, 9.17) is 5.73 Å². The van der Waals surface area contributed by atoms with Crippen molar-refractivity contribution in [3.63, 3.8) is 0 Å². The van der Waals surface area contributed by atoms with Crippen molar-refractivity contribution in [3.05, 3.63) is 45.1 Å². The third-order valence-corrected chi connectivity index (χ3v) is 6.40. The highest BCUT2D eigenvalue weighted by Gasteiger charge is 2.17. The molecule has 0 bridgehead atoms. The number of rotatable bonds is 6. The molecular weight excluding hydrogens is 418 g/mol. The maximum atomic E-state index is 12.4. The van der Waals surface area contributed by atoms with Crippen LogP contribution >= 0.6 is 11.3 Å². The van der Waals surface area contributed by atoms with Gasteiger partial charge in [-0.1, -0.05) is 26.8 Å². The number of nitrogens with zero attached hydrogens (tertiary/aromatic N) is 2. The number of thiophene rings is 1. The topological polar surface area (TPSA) is 90.8 Å². The molecule has 0 saturated carbocycles. The number of imidazole rings is 1. The largest absolute Gasteiger partial charge is 0.397 e. The van der Waals surface area contributed by atoms with Gasteiger partial charge < -0.3 is 20.6 Å². The Balaban J connectivity index is 0.000000247. The van der Waals surface area contributed by atoms with Gasteiger partial charge in [0, 0.05) is 10.3 Å². The summed E-state index contributed by atoms with van der Waals surface area (Å²) in [6, 6.07) is 7.92. The van der Waals surface area contributed by atoms with Crippen LogP contribution in [0.2, 0.25) is 0 Å². The lowest BCUT2D eigenvalue weighted by molar-refractivity contribution is 0.311. The lowest BCUT2D eigenvalue weighted by Crippen LogP contribution is -2.21. The van der Waals surface area contributed by atoms with E-state index in [1.165, 1.54) is 37.3 Å². The molecule has 0 fully saturated rings. The first-order chi connectivity index (χ1) is 15.2. The van der Waals surface area contributed by atoms with Crippen LogP contribution in [0.3, 0.4) is 0 Å². The Morgan fingerprint density at radius 3 is 2.59 bits per heavy atom. The minimum absolute atomic E-state index is 0.220. The van der Waals surface area contributed by atoms with E-state index in [9.17, 15) is 4.79 Å². The summed E-state index contributed by atoms with van der Waals surface area (Å²) < 4.78 is 0. The molecular formula is C25H35N5OS. The zero-order valence-corrected chi connectivity index (χ0v) is 20.8. The van der Waals surface area contributed by atoms with Crippen molar-refractivity contribution in [1.82, 2.24) is 19.9 Å². The number of pyridine rings is 1. The van der Waals surface area contributed by atoms with Crippen LogP contribution in [0.1, 0.15) is 44.1 Å². The minimum Gasteiger partial charge on any atom is -0.397 e. The Kier molecular flexibility index (Phi) is 7.74. The number of H-pyrrole nitrogens is 2. The molecule has 4 rings (SSSR count). The highest BCUT2D eigenvalue weighted by molar-refractivity contribution is 7.18. The predicted molar refractivity (Wildman–Crippen MR) is 139 cm³/mol. The van der Waals surface area contributed by atoms with Crippen LogP contribution < -0.4 is 11.3 Å². The first kappa shape index (κ1) is 24.0. The van der Waals surface area contributed by atoms with Crippen molar-refractivity contribution in [2.24, 2.45) is 5.92 Å². The fraction of sp³-hybridized carbons (Fsp3) is 0.440. The molecule has 0 aliphatic rings. The quantitative estimate of drug-likeness (QED) is 0.349. The van der Waals surface area contributed by atoms with E-state index in [-0.39, 0.29) is 5.56 Å². The minimum atomic E-state index is -0.220. The lowest BCUT2D eigenvalue weighted by atomic mass is 10.1. The summed E-state index contributed by atoms with van der Waals surface area (Å²) in [5.74, 6) is 1.35. The molecule has 6 nitrogen and oxygen atoms in total. The summed E-state index contributed by atoms with van der Waals surface area (Å²) >= 11 is 1.53. The Bertz CT molecular complexity index is 1250. The van der Waals surface area contributed by atoms with Crippen LogP contribution in [0, 0.1) is 19.8 Å². The van der Waals surface area contributed by atoms with Crippen LogP contribution in [-0.2, 0) is 0 Å². The summed E-state index contributed by atoms with van der Waals surface area (Å²) in [7, 11) is 2.20. The molecule has 0 unspecified atom stereocenters. The summed E-state index contributed by atoms with van der Waals surface area (Å²) in [4.78, 5) is 27.3. The summed E-state index contributed by atoms with van der Waals surface area (Å²) in [6.45, 7) is 13.3. The number of anilines is 1. The van der Waals surface area contributed by atoms with E-state index in [2.05, 4.69) is 47.7 Å². The van der Waals surface area contributed by atoms with Crippen LogP contribution in [0.25, 0.3) is 32.6 Å². The molecule has 0 atom stereocenters. The maximum absolute atomic E-state index is 12.4. The molecule has 1 aromatic carbocycles. The van der Waals surface area contributed by atoms with E-state index in [0.29, 0.717) is 17.1 Å². The molecule has 7 heteroatoms. The Morgan fingerprint density at radius 2 is 1.91 bits per heavy atom. The van der Waals surface area contributed by atoms with E-state index < -0.39 is 0 Å². The second kappa shape index (κ2) is 10.3. The van der Waals surface area contributed by atoms with Crippen molar-refractivity contribution in [2.75, 3.05) is 25.9 Å². The first-order valence-electron chi connectivity index (χ1n) is 11.3. The van der Waals surface area contributed by atoms with Gasteiger partial charge in [0.1, 0.15) is 16.2 Å². The number of hydrogen-bond acceptors (Lipinski definition) is 5. The second-order valence-corrected chi connectivity index (χ2v) is 10.2. The summed E-state index contributed by atoms with van der Waals surface area (Å²) in [5, 5.41) is 0.869. The Morgan fingerprint density at radius 1 is 1.16 bits per heavy atom. The zero-order valence-electron chi connectivity index (χ0n) is 20.0. The molecule has 32 heavy (non-hydrogen) atoms. The third-order valence-electron chi connectivity index (χ3n) is 5.44. The van der Waals surface area contributed by atoms with Gasteiger partial charge in [0.05, 0.1) is 16.7 Å². The molecule has 0 spiro atoms. The molecule has 0 aliphatic carbocycles. The third kappa shape index (κ3) is 5.58. The number of hydrogen-bond donors (Lipinski definition) is 3. The van der Waals surface area contributed by atoms with Gasteiger partial charge >= 0.3 is 0 Å². The normalized spacial score (nSPS) is 11.5. The van der Waals surface area contributed by atoms with E-state index in [1.54, 1.807) is 0 Å². The monoisotopic (exact) mass is 453 g/mol. The van der Waals surface area contributed by atoms with Gasteiger partial charge in [-0.15, -0.1) is 11.3 Å². The Labute approximate surface area is 193 Å². The van der Waals surface area contributed by atoms with Gasteiger partial charge in [0.15, 0.2) is 0 Å². The molecule has 0 amide bonds. The van der Waals surface area contributed by atoms with Crippen LogP contribution in [-0.4, -0.2) is 40.0 Å². The average molecular weight is 454 g/mol. The van der Waals surface area contributed by atoms with Crippen molar-refractivity contribution < 1.29 is 0 Å². The summed E-state index contributed by atoms with van der Waals surface area (Å²) in [5.41, 5.74) is 9.75. The van der Waals surface area contributed by atoms with Gasteiger partial charge in [-0.3, -0.25) is 4.79 Å². The van der Waals surface area contributed by atoms with Crippen molar-refractivity contribution in [3.8, 4) is 11.4 Å². The van der Waals surface area contributed by atoms with Crippen molar-refractivity contribution >= 4 is 38.3 Å². The van der Waals surface area contributed by atoms with E-state index >= 15 is 0 Å². The van der Waals surface area contributed by atoms with Crippen molar-refractivity contribution in [1.29, 1.82) is 0 Å². The average Bonchev–Trinajstić information content (AvgIpc) is 3.29. The molecule has 3 heterocycles. The fourth-order valence-electron chi connectivity index (χ4n) is 3.68. The van der Waals surface area contributed by atoms with E-state index in [1.807, 2.05) is 38.1 Å². The number of nitrogens with two attached hydrogens (primary N) is 1. The number of fused-ring (bicyclic) bond motifs is 2. The predicted octanol–water partition coefficient (Wildman–Crippen LogP) is 5.71. The van der Waals surface area contributed by atoms with Gasteiger partial charge in [-0.05, 0) is 76.5 Å². The fourth-order valence-corrected chi connectivity index (χ4v) is 4.60. The standard InChI is InChI=1S/C16H14N4OS.C9H21N/c1-7-3-4-10-11(5-7)19-14(18-10)12-13(17)9-6-8(2)22-16(9)20-15(12)21;1-5-7-10(4)8-6-9(2)3/h3-6H,1-2H3,(H,18,19)(H3,17,20,21);9H,5-8H2,1-4H3. The van der Waals surface area contributed by atoms with Gasteiger partial charge in [0.2, 0.25) is 0 Å². The molecule has 3 aromatic heterocycles. The highest BCUT2D eigenvalue weighted by Crippen LogP contribution is 2.32. The van der Waals surface area contributed by atoms with Crippen LogP contribution in [0.5, 0.6) is 0 Å². The molecule has 4 aromatic rings. The number of benzene rings is 1. The molecule has 0 radical (unpaired) electrons. The Hall–Kier alpha value is -2.64. The number of nitrogen functional groups attached to an aromatic ring is 1. The maximum Gasteiger partial charge on any atom is 0.262 e. The smallest absolute Gasteiger partial charge is 0.262 e. The molecule has 4 N–H and O–H groups in total. The summed E-state index contributed by atoms with van der Waals surface area (Å²) in [6.07, 6.45) is 2.60. The number of aromatic amines is 2. The number of aromatic nitrogens is 3. The SMILES string of the molecule is CCCN(C)CCC(C)C.Cc1ccc2nc(-c3c(N)c4cc(C)sc4[nH]c3=O)[nH]c2c1. The molecule has 0 saturated heterocycles. The highest BCUT2D eigenvalue weighted by atomic mass is 32.1. The zero-order chi connectivity index (χ0) is 23.4. The first-order valence-corrected chi connectivity index (χ1v) is 12.1. The lowest BCUT2D eigenvalue weighted by Gasteiger charge is -2.16. The van der Waals surface area contributed by atoms with Gasteiger partial charge in [-0.25, -0.2) is 4.98 Å². The molecule has 0 aliphatic heterocycles. The molecule has 172 valence electrons. The van der Waals surface area contributed by atoms with Crippen molar-refractivity contribution in [2.45, 2.75) is 47.5 Å². The van der Waals surface area contributed by atoms with E-state index in [0.717, 1.165) is 37.6 Å². The second-order valence-electron chi connectivity index (χ2n) is 8.93. The van der Waals surface area contributed by atoms with Gasteiger partial charge in [0.25, 0.3) is 5.56 Å². The number of nitrogens with one attached hydrogen (secondary N) is 2.